The Hall–Kier alpha value is -0.0900. The number of nitrogens with one attached hydrogen (secondary N) is 1. The van der Waals surface area contributed by atoms with Crippen molar-refractivity contribution in [3.63, 3.8) is 0 Å². The van der Waals surface area contributed by atoms with Crippen LogP contribution in [0.2, 0.25) is 4.34 Å². The molecule has 0 atom stereocenters. The molecule has 0 aliphatic rings. The lowest BCUT2D eigenvalue weighted by molar-refractivity contribution is 0.326. The van der Waals surface area contributed by atoms with Gasteiger partial charge in [-0.1, -0.05) is 25.4 Å². The summed E-state index contributed by atoms with van der Waals surface area (Å²) in [6.45, 7) is 8.83. The average molecular weight is 289 g/mol. The van der Waals surface area contributed by atoms with Crippen LogP contribution in [0.3, 0.4) is 0 Å². The first-order valence-corrected chi connectivity index (χ1v) is 7.91. The van der Waals surface area contributed by atoms with Crippen LogP contribution in [0.15, 0.2) is 12.1 Å². The number of likely N-dealkylation sites (N-methyl/N-ethyl adjacent to an activating group) is 1. The zero-order chi connectivity index (χ0) is 13.4. The van der Waals surface area contributed by atoms with Crippen molar-refractivity contribution in [2.45, 2.75) is 33.2 Å². The van der Waals surface area contributed by atoms with E-state index in [9.17, 15) is 0 Å². The van der Waals surface area contributed by atoms with E-state index in [1.807, 2.05) is 6.07 Å². The van der Waals surface area contributed by atoms with Gasteiger partial charge in [-0.25, -0.2) is 0 Å². The topological polar surface area (TPSA) is 15.3 Å². The summed E-state index contributed by atoms with van der Waals surface area (Å²) in [6.07, 6.45) is 2.60. The highest BCUT2D eigenvalue weighted by molar-refractivity contribution is 7.16. The quantitative estimate of drug-likeness (QED) is 0.694. The summed E-state index contributed by atoms with van der Waals surface area (Å²) in [4.78, 5) is 3.67. The first kappa shape index (κ1) is 16.0. The molecule has 1 rings (SSSR count). The van der Waals surface area contributed by atoms with Gasteiger partial charge in [0.15, 0.2) is 0 Å². The van der Waals surface area contributed by atoms with Crippen LogP contribution in [0.1, 0.15) is 31.6 Å². The molecule has 4 heteroatoms. The van der Waals surface area contributed by atoms with Crippen molar-refractivity contribution >= 4 is 22.9 Å². The molecule has 0 aromatic carbocycles. The predicted molar refractivity (Wildman–Crippen MR) is 82.6 cm³/mol. The van der Waals surface area contributed by atoms with E-state index in [2.05, 4.69) is 37.2 Å². The third kappa shape index (κ3) is 7.37. The second-order valence-corrected chi connectivity index (χ2v) is 7.03. The Morgan fingerprint density at radius 1 is 1.33 bits per heavy atom. The molecule has 0 spiro atoms. The normalized spacial score (nSPS) is 11.7. The first-order chi connectivity index (χ1) is 8.58. The SMILES string of the molecule is CC(C)CCCNCCN(C)Cc1ccc(Cl)s1. The second-order valence-electron chi connectivity index (χ2n) is 5.23. The number of hydrogen-bond donors (Lipinski definition) is 1. The summed E-state index contributed by atoms with van der Waals surface area (Å²) < 4.78 is 0.880. The van der Waals surface area contributed by atoms with Gasteiger partial charge in [0.05, 0.1) is 4.34 Å². The minimum absolute atomic E-state index is 0.818. The molecule has 0 radical (unpaired) electrons. The van der Waals surface area contributed by atoms with Crippen molar-refractivity contribution in [3.05, 3.63) is 21.3 Å². The highest BCUT2D eigenvalue weighted by atomic mass is 35.5. The van der Waals surface area contributed by atoms with Gasteiger partial charge in [0.2, 0.25) is 0 Å². The number of nitrogens with zero attached hydrogens (tertiary/aromatic N) is 1. The molecule has 0 fully saturated rings. The van der Waals surface area contributed by atoms with Gasteiger partial charge in [0.1, 0.15) is 0 Å². The molecule has 0 unspecified atom stereocenters. The van der Waals surface area contributed by atoms with E-state index in [0.717, 1.165) is 36.4 Å². The van der Waals surface area contributed by atoms with E-state index < -0.39 is 0 Å². The number of rotatable bonds is 9. The maximum Gasteiger partial charge on any atom is 0.0931 e. The molecule has 2 nitrogen and oxygen atoms in total. The maximum atomic E-state index is 5.92. The van der Waals surface area contributed by atoms with Crippen LogP contribution in [-0.2, 0) is 6.54 Å². The summed E-state index contributed by atoms with van der Waals surface area (Å²) in [5, 5.41) is 3.50. The van der Waals surface area contributed by atoms with Crippen LogP contribution in [0.4, 0.5) is 0 Å². The molecule has 1 aromatic heterocycles. The highest BCUT2D eigenvalue weighted by Gasteiger charge is 2.02. The van der Waals surface area contributed by atoms with Crippen molar-refractivity contribution in [2.75, 3.05) is 26.7 Å². The van der Waals surface area contributed by atoms with Crippen LogP contribution in [0, 0.1) is 5.92 Å². The highest BCUT2D eigenvalue weighted by Crippen LogP contribution is 2.22. The minimum atomic E-state index is 0.818. The molecule has 1 heterocycles. The Balaban J connectivity index is 2.01. The Morgan fingerprint density at radius 2 is 2.11 bits per heavy atom. The molecule has 0 saturated heterocycles. The number of hydrogen-bond acceptors (Lipinski definition) is 3. The third-order valence-electron chi connectivity index (χ3n) is 2.86. The molecule has 1 N–H and O–H groups in total. The van der Waals surface area contributed by atoms with Gasteiger partial charge in [-0.3, -0.25) is 0 Å². The van der Waals surface area contributed by atoms with E-state index in [1.165, 1.54) is 17.7 Å². The van der Waals surface area contributed by atoms with E-state index in [0.29, 0.717) is 0 Å². The molecule has 104 valence electrons. The fourth-order valence-corrected chi connectivity index (χ4v) is 2.98. The Labute approximate surface area is 120 Å². The number of thiophene rings is 1. The van der Waals surface area contributed by atoms with Crippen LogP contribution in [0.25, 0.3) is 0 Å². The summed E-state index contributed by atoms with van der Waals surface area (Å²) in [7, 11) is 2.16. The summed E-state index contributed by atoms with van der Waals surface area (Å²) >= 11 is 7.59. The second kappa shape index (κ2) is 8.92. The van der Waals surface area contributed by atoms with Gasteiger partial charge in [0, 0.05) is 24.5 Å². The van der Waals surface area contributed by atoms with Gasteiger partial charge >= 0.3 is 0 Å². The molecule has 0 bridgehead atoms. The van der Waals surface area contributed by atoms with Crippen LogP contribution >= 0.6 is 22.9 Å². The lowest BCUT2D eigenvalue weighted by Crippen LogP contribution is -2.29. The Bertz CT molecular complexity index is 325. The molecule has 0 aliphatic carbocycles. The Morgan fingerprint density at radius 3 is 2.72 bits per heavy atom. The van der Waals surface area contributed by atoms with Crippen molar-refractivity contribution in [1.29, 1.82) is 0 Å². The molecular weight excluding hydrogens is 264 g/mol. The van der Waals surface area contributed by atoms with Gasteiger partial charge in [-0.2, -0.15) is 0 Å². The fraction of sp³-hybridized carbons (Fsp3) is 0.714. The molecule has 0 amide bonds. The minimum Gasteiger partial charge on any atom is -0.315 e. The van der Waals surface area contributed by atoms with Gasteiger partial charge in [0.25, 0.3) is 0 Å². The lowest BCUT2D eigenvalue weighted by Gasteiger charge is -2.16. The average Bonchev–Trinajstić information content (AvgIpc) is 2.68. The summed E-state index contributed by atoms with van der Waals surface area (Å²) in [6, 6.07) is 4.08. The van der Waals surface area contributed by atoms with Crippen LogP contribution in [-0.4, -0.2) is 31.6 Å². The van der Waals surface area contributed by atoms with E-state index in [1.54, 1.807) is 11.3 Å². The lowest BCUT2D eigenvalue weighted by atomic mass is 10.1. The molecular formula is C14H25ClN2S. The van der Waals surface area contributed by atoms with Crippen molar-refractivity contribution < 1.29 is 0 Å². The van der Waals surface area contributed by atoms with E-state index in [4.69, 9.17) is 11.6 Å². The smallest absolute Gasteiger partial charge is 0.0931 e. The molecule has 0 saturated carbocycles. The fourth-order valence-electron chi connectivity index (χ4n) is 1.81. The zero-order valence-electron chi connectivity index (χ0n) is 11.7. The monoisotopic (exact) mass is 288 g/mol. The Kier molecular flexibility index (Phi) is 7.91. The molecule has 1 aromatic rings. The van der Waals surface area contributed by atoms with Gasteiger partial charge < -0.3 is 10.2 Å². The van der Waals surface area contributed by atoms with Gasteiger partial charge in [-0.15, -0.1) is 11.3 Å². The standard InChI is InChI=1S/C14H25ClN2S/c1-12(2)5-4-8-16-9-10-17(3)11-13-6-7-14(15)18-13/h6-7,12,16H,4-5,8-11H2,1-3H3. The summed E-state index contributed by atoms with van der Waals surface area (Å²) in [5.74, 6) is 0.818. The molecule has 18 heavy (non-hydrogen) atoms. The zero-order valence-corrected chi connectivity index (χ0v) is 13.3. The largest absolute Gasteiger partial charge is 0.315 e. The maximum absolute atomic E-state index is 5.92. The van der Waals surface area contributed by atoms with Crippen LogP contribution in [0.5, 0.6) is 0 Å². The van der Waals surface area contributed by atoms with Crippen LogP contribution < -0.4 is 5.32 Å². The molecule has 0 aliphatic heterocycles. The van der Waals surface area contributed by atoms with Crippen molar-refractivity contribution in [3.8, 4) is 0 Å². The van der Waals surface area contributed by atoms with Crippen molar-refractivity contribution in [2.24, 2.45) is 5.92 Å². The first-order valence-electron chi connectivity index (χ1n) is 6.71. The van der Waals surface area contributed by atoms with E-state index >= 15 is 0 Å². The number of halogens is 1. The van der Waals surface area contributed by atoms with Crippen molar-refractivity contribution in [1.82, 2.24) is 10.2 Å². The van der Waals surface area contributed by atoms with Gasteiger partial charge in [-0.05, 0) is 44.5 Å². The van der Waals surface area contributed by atoms with E-state index in [-0.39, 0.29) is 0 Å². The third-order valence-corrected chi connectivity index (χ3v) is 4.08. The summed E-state index contributed by atoms with van der Waals surface area (Å²) in [5.41, 5.74) is 0. The predicted octanol–water partition coefficient (Wildman–Crippen LogP) is 3.86.